The first-order valence-corrected chi connectivity index (χ1v) is 6.44. The van der Waals surface area contributed by atoms with Gasteiger partial charge >= 0.3 is 0 Å². The lowest BCUT2D eigenvalue weighted by molar-refractivity contribution is 1.12. The summed E-state index contributed by atoms with van der Waals surface area (Å²) < 4.78 is 2.86. The van der Waals surface area contributed by atoms with Gasteiger partial charge in [0, 0.05) is 0 Å². The zero-order valence-corrected chi connectivity index (χ0v) is 9.48. The van der Waals surface area contributed by atoms with Crippen molar-refractivity contribution >= 4 is 38.9 Å². The van der Waals surface area contributed by atoms with Gasteiger partial charge in [0.05, 0.1) is 0 Å². The molecule has 2 rings (SSSR count). The predicted octanol–water partition coefficient (Wildman–Crippen LogP) is 1.38. The van der Waals surface area contributed by atoms with Gasteiger partial charge in [0.2, 0.25) is 6.71 Å². The maximum absolute atomic E-state index is 5.65. The second kappa shape index (κ2) is 4.78. The molecule has 4 heteroatoms. The minimum Gasteiger partial charge on any atom is -0.331 e. The van der Waals surface area contributed by atoms with Gasteiger partial charge < -0.3 is 5.73 Å². The van der Waals surface area contributed by atoms with Crippen LogP contribution >= 0.6 is 22.7 Å². The SMILES string of the molecule is NCCB(c1cccs1)c1cccs1. The van der Waals surface area contributed by atoms with E-state index in [2.05, 4.69) is 35.0 Å². The Morgan fingerprint density at radius 3 is 2.00 bits per heavy atom. The monoisotopic (exact) mass is 221 g/mol. The van der Waals surface area contributed by atoms with Crippen LogP contribution in [0.5, 0.6) is 0 Å². The van der Waals surface area contributed by atoms with Gasteiger partial charge in [0.1, 0.15) is 0 Å². The van der Waals surface area contributed by atoms with Crippen molar-refractivity contribution in [2.45, 2.75) is 6.32 Å². The van der Waals surface area contributed by atoms with E-state index in [1.807, 2.05) is 22.7 Å². The van der Waals surface area contributed by atoms with Gasteiger partial charge in [-0.05, 0) is 26.9 Å². The highest BCUT2D eigenvalue weighted by molar-refractivity contribution is 7.31. The van der Waals surface area contributed by atoms with E-state index in [4.69, 9.17) is 5.73 Å². The number of hydrogen-bond acceptors (Lipinski definition) is 3. The van der Waals surface area contributed by atoms with Crippen molar-refractivity contribution in [3.8, 4) is 0 Å². The Bertz CT molecular complexity index is 321. The maximum Gasteiger partial charge on any atom is 0.236 e. The van der Waals surface area contributed by atoms with Crippen LogP contribution < -0.4 is 15.3 Å². The van der Waals surface area contributed by atoms with E-state index in [1.54, 1.807) is 0 Å². The lowest BCUT2D eigenvalue weighted by Crippen LogP contribution is -2.40. The van der Waals surface area contributed by atoms with Crippen LogP contribution in [0.1, 0.15) is 0 Å². The van der Waals surface area contributed by atoms with Crippen LogP contribution in [0.2, 0.25) is 6.32 Å². The van der Waals surface area contributed by atoms with Gasteiger partial charge in [0.25, 0.3) is 0 Å². The Morgan fingerprint density at radius 2 is 1.64 bits per heavy atom. The molecule has 0 saturated heterocycles. The molecule has 0 amide bonds. The fourth-order valence-electron chi connectivity index (χ4n) is 1.57. The van der Waals surface area contributed by atoms with E-state index in [1.165, 1.54) is 9.55 Å². The summed E-state index contributed by atoms with van der Waals surface area (Å²) in [7, 11) is 0. The lowest BCUT2D eigenvalue weighted by Gasteiger charge is -2.07. The van der Waals surface area contributed by atoms with Crippen LogP contribution in [-0.4, -0.2) is 13.3 Å². The summed E-state index contributed by atoms with van der Waals surface area (Å²) >= 11 is 3.64. The van der Waals surface area contributed by atoms with Crippen LogP contribution in [0.4, 0.5) is 0 Å². The van der Waals surface area contributed by atoms with Gasteiger partial charge in [-0.15, -0.1) is 0 Å². The standard InChI is InChI=1S/C10H12BNS2/c12-6-5-11(9-3-1-7-13-9)10-4-2-8-14-10/h1-4,7-8H,5-6,12H2. The summed E-state index contributed by atoms with van der Waals surface area (Å²) in [5.74, 6) is 0. The quantitative estimate of drug-likeness (QED) is 0.775. The molecule has 0 aliphatic rings. The second-order valence-electron chi connectivity index (χ2n) is 3.16. The molecule has 0 bridgehead atoms. The molecule has 0 unspecified atom stereocenters. The summed E-state index contributed by atoms with van der Waals surface area (Å²) in [6.07, 6.45) is 1.04. The highest BCUT2D eigenvalue weighted by Crippen LogP contribution is 2.04. The average molecular weight is 221 g/mol. The second-order valence-corrected chi connectivity index (χ2v) is 5.12. The van der Waals surface area contributed by atoms with Crippen LogP contribution in [0.3, 0.4) is 0 Å². The molecule has 2 aromatic heterocycles. The van der Waals surface area contributed by atoms with Crippen LogP contribution in [-0.2, 0) is 0 Å². The van der Waals surface area contributed by atoms with Crippen molar-refractivity contribution in [3.63, 3.8) is 0 Å². The Labute approximate surface area is 92.7 Å². The summed E-state index contributed by atoms with van der Waals surface area (Å²) in [6, 6.07) is 8.61. The van der Waals surface area contributed by atoms with Gasteiger partial charge in [-0.3, -0.25) is 0 Å². The molecule has 14 heavy (non-hydrogen) atoms. The zero-order valence-electron chi connectivity index (χ0n) is 7.85. The predicted molar refractivity (Wildman–Crippen MR) is 67.5 cm³/mol. The van der Waals surface area contributed by atoms with Crippen molar-refractivity contribution < 1.29 is 0 Å². The van der Waals surface area contributed by atoms with Crippen LogP contribution in [0, 0.1) is 0 Å². The van der Waals surface area contributed by atoms with E-state index in [9.17, 15) is 0 Å². The van der Waals surface area contributed by atoms with Crippen molar-refractivity contribution in [1.29, 1.82) is 0 Å². The molecule has 0 aromatic carbocycles. The third kappa shape index (κ3) is 2.08. The summed E-state index contributed by atoms with van der Waals surface area (Å²) in [4.78, 5) is 0. The van der Waals surface area contributed by atoms with Crippen molar-refractivity contribution in [3.05, 3.63) is 35.0 Å². The molecular formula is C10H12BNS2. The summed E-state index contributed by atoms with van der Waals surface area (Å²) in [5.41, 5.74) is 5.65. The van der Waals surface area contributed by atoms with Gasteiger partial charge in [-0.2, -0.15) is 22.7 Å². The number of rotatable bonds is 4. The first-order chi connectivity index (χ1) is 6.92. The Hall–Kier alpha value is -0.575. The highest BCUT2D eigenvalue weighted by atomic mass is 32.1. The van der Waals surface area contributed by atoms with Crippen molar-refractivity contribution in [2.75, 3.05) is 6.54 Å². The molecule has 2 heterocycles. The fourth-order valence-corrected chi connectivity index (χ4v) is 3.41. The minimum absolute atomic E-state index is 0.514. The van der Waals surface area contributed by atoms with E-state index in [-0.39, 0.29) is 0 Å². The molecular weight excluding hydrogens is 209 g/mol. The summed E-state index contributed by atoms with van der Waals surface area (Å²) in [6.45, 7) is 1.26. The van der Waals surface area contributed by atoms with Gasteiger partial charge in [0.15, 0.2) is 0 Å². The number of thiophene rings is 2. The molecule has 72 valence electrons. The molecule has 2 N–H and O–H groups in total. The largest absolute Gasteiger partial charge is 0.331 e. The maximum atomic E-state index is 5.65. The molecule has 0 fully saturated rings. The minimum atomic E-state index is 0.514. The van der Waals surface area contributed by atoms with Gasteiger partial charge in [-0.1, -0.05) is 30.6 Å². The normalized spacial score (nSPS) is 10.4. The third-order valence-corrected chi connectivity index (χ3v) is 4.20. The number of hydrogen-bond donors (Lipinski definition) is 1. The molecule has 0 saturated carbocycles. The van der Waals surface area contributed by atoms with Gasteiger partial charge in [-0.25, -0.2) is 0 Å². The molecule has 0 spiro atoms. The van der Waals surface area contributed by atoms with Crippen LogP contribution in [0.25, 0.3) is 0 Å². The van der Waals surface area contributed by atoms with E-state index >= 15 is 0 Å². The van der Waals surface area contributed by atoms with E-state index < -0.39 is 0 Å². The van der Waals surface area contributed by atoms with Crippen molar-refractivity contribution in [1.82, 2.24) is 0 Å². The first kappa shape index (κ1) is 9.96. The van der Waals surface area contributed by atoms with Crippen molar-refractivity contribution in [2.24, 2.45) is 5.73 Å². The lowest BCUT2D eigenvalue weighted by atomic mass is 9.45. The topological polar surface area (TPSA) is 26.0 Å². The Balaban J connectivity index is 2.25. The fraction of sp³-hybridized carbons (Fsp3) is 0.200. The molecule has 0 aliphatic carbocycles. The average Bonchev–Trinajstić information content (AvgIpc) is 2.87. The van der Waals surface area contributed by atoms with E-state index in [0.29, 0.717) is 6.71 Å². The third-order valence-electron chi connectivity index (χ3n) is 2.23. The van der Waals surface area contributed by atoms with E-state index in [0.717, 1.165) is 12.9 Å². The summed E-state index contributed by atoms with van der Waals surface area (Å²) in [5, 5.41) is 4.26. The Morgan fingerprint density at radius 1 is 1.07 bits per heavy atom. The first-order valence-electron chi connectivity index (χ1n) is 4.68. The van der Waals surface area contributed by atoms with Crippen LogP contribution in [0.15, 0.2) is 35.0 Å². The molecule has 0 radical (unpaired) electrons. The molecule has 1 nitrogen and oxygen atoms in total. The zero-order chi connectivity index (χ0) is 9.80. The highest BCUT2D eigenvalue weighted by Gasteiger charge is 2.19. The Kier molecular flexibility index (Phi) is 3.40. The molecule has 0 atom stereocenters. The molecule has 2 aromatic rings. The molecule has 0 aliphatic heterocycles. The smallest absolute Gasteiger partial charge is 0.236 e. The number of nitrogens with two attached hydrogens (primary N) is 1.